The molecule has 20 heavy (non-hydrogen) atoms. The lowest BCUT2D eigenvalue weighted by Crippen LogP contribution is -2.49. The first kappa shape index (κ1) is 18.5. The number of ether oxygens (including phenoxy) is 1. The highest BCUT2D eigenvalue weighted by atomic mass is 16.5. The van der Waals surface area contributed by atoms with Gasteiger partial charge >= 0.3 is 5.97 Å². The van der Waals surface area contributed by atoms with E-state index in [1.807, 2.05) is 13.8 Å². The zero-order chi connectivity index (χ0) is 15.4. The van der Waals surface area contributed by atoms with Crippen LogP contribution in [0, 0.1) is 12.3 Å². The number of terminal acetylenes is 1. The minimum atomic E-state index is -0.552. The molecule has 0 aliphatic carbocycles. The van der Waals surface area contributed by atoms with E-state index < -0.39 is 5.54 Å². The number of hydrogen-bond donors (Lipinski definition) is 2. The molecule has 114 valence electrons. The Labute approximate surface area is 121 Å². The Morgan fingerprint density at radius 2 is 1.90 bits per heavy atom. The molecule has 0 spiro atoms. The highest BCUT2D eigenvalue weighted by Gasteiger charge is 2.24. The highest BCUT2D eigenvalue weighted by molar-refractivity contribution is 5.79. The van der Waals surface area contributed by atoms with Crippen LogP contribution in [0.1, 0.15) is 46.5 Å². The van der Waals surface area contributed by atoms with Gasteiger partial charge in [0.1, 0.15) is 5.54 Å². The lowest BCUT2D eigenvalue weighted by Gasteiger charge is -2.27. The summed E-state index contributed by atoms with van der Waals surface area (Å²) in [6, 6.07) is 0. The first-order valence-corrected chi connectivity index (χ1v) is 7.18. The molecule has 5 nitrogen and oxygen atoms in total. The standard InChI is InChI=1S/C15H26N2O3/c1-5-15(6-2,7-3)17-13(18)12-16-11-9-10-14(19)20-8-4/h1,16H,6-12H2,2-4H3,(H,17,18). The minimum Gasteiger partial charge on any atom is -0.466 e. The molecular weight excluding hydrogens is 256 g/mol. The molecule has 0 saturated carbocycles. The highest BCUT2D eigenvalue weighted by Crippen LogP contribution is 2.12. The first-order valence-electron chi connectivity index (χ1n) is 7.18. The Morgan fingerprint density at radius 1 is 1.25 bits per heavy atom. The van der Waals surface area contributed by atoms with Crippen LogP contribution in [0.15, 0.2) is 0 Å². The molecule has 0 heterocycles. The fourth-order valence-electron chi connectivity index (χ4n) is 1.77. The van der Waals surface area contributed by atoms with E-state index in [9.17, 15) is 9.59 Å². The fraction of sp³-hybridized carbons (Fsp3) is 0.733. The average molecular weight is 282 g/mol. The van der Waals surface area contributed by atoms with Gasteiger partial charge in [0.25, 0.3) is 0 Å². The lowest BCUT2D eigenvalue weighted by atomic mass is 9.94. The van der Waals surface area contributed by atoms with Gasteiger partial charge in [-0.05, 0) is 32.7 Å². The molecule has 0 rings (SSSR count). The molecule has 0 atom stereocenters. The van der Waals surface area contributed by atoms with Crippen LogP contribution in [0.3, 0.4) is 0 Å². The summed E-state index contributed by atoms with van der Waals surface area (Å²) >= 11 is 0. The van der Waals surface area contributed by atoms with E-state index in [1.165, 1.54) is 0 Å². The molecule has 0 unspecified atom stereocenters. The van der Waals surface area contributed by atoms with Crippen molar-refractivity contribution in [3.05, 3.63) is 0 Å². The second kappa shape index (κ2) is 10.3. The van der Waals surface area contributed by atoms with E-state index in [0.29, 0.717) is 38.8 Å². The van der Waals surface area contributed by atoms with Gasteiger partial charge in [0.05, 0.1) is 13.2 Å². The smallest absolute Gasteiger partial charge is 0.305 e. The quantitative estimate of drug-likeness (QED) is 0.359. The van der Waals surface area contributed by atoms with Crippen molar-refractivity contribution in [2.75, 3.05) is 19.7 Å². The summed E-state index contributed by atoms with van der Waals surface area (Å²) in [5.41, 5.74) is -0.552. The molecule has 0 aromatic rings. The number of carbonyl (C=O) groups is 2. The normalized spacial score (nSPS) is 10.7. The van der Waals surface area contributed by atoms with Crippen LogP contribution in [0.2, 0.25) is 0 Å². The van der Waals surface area contributed by atoms with Gasteiger partial charge in [0, 0.05) is 6.42 Å². The summed E-state index contributed by atoms with van der Waals surface area (Å²) < 4.78 is 4.81. The summed E-state index contributed by atoms with van der Waals surface area (Å²) in [4.78, 5) is 22.9. The molecule has 0 aromatic carbocycles. The van der Waals surface area contributed by atoms with Crippen molar-refractivity contribution in [3.63, 3.8) is 0 Å². The summed E-state index contributed by atoms with van der Waals surface area (Å²) in [7, 11) is 0. The van der Waals surface area contributed by atoms with Crippen LogP contribution in [-0.4, -0.2) is 37.1 Å². The van der Waals surface area contributed by atoms with Crippen molar-refractivity contribution in [3.8, 4) is 12.3 Å². The molecular formula is C15H26N2O3. The van der Waals surface area contributed by atoms with Gasteiger partial charge in [-0.1, -0.05) is 19.8 Å². The van der Waals surface area contributed by atoms with Crippen molar-refractivity contribution >= 4 is 11.9 Å². The third-order valence-electron chi connectivity index (χ3n) is 3.19. The summed E-state index contributed by atoms with van der Waals surface area (Å²) in [6.45, 7) is 6.88. The van der Waals surface area contributed by atoms with Crippen LogP contribution in [0.4, 0.5) is 0 Å². The predicted molar refractivity (Wildman–Crippen MR) is 79.0 cm³/mol. The predicted octanol–water partition coefficient (Wildman–Crippen LogP) is 1.23. The molecule has 1 amide bonds. The third-order valence-corrected chi connectivity index (χ3v) is 3.19. The van der Waals surface area contributed by atoms with Gasteiger partial charge in [0.2, 0.25) is 5.91 Å². The van der Waals surface area contributed by atoms with Gasteiger partial charge in [0.15, 0.2) is 0 Å². The molecule has 0 radical (unpaired) electrons. The topological polar surface area (TPSA) is 67.4 Å². The van der Waals surface area contributed by atoms with Crippen molar-refractivity contribution in [2.24, 2.45) is 0 Å². The zero-order valence-electron chi connectivity index (χ0n) is 12.8. The van der Waals surface area contributed by atoms with Crippen LogP contribution >= 0.6 is 0 Å². The molecule has 0 aromatic heterocycles. The van der Waals surface area contributed by atoms with Crippen LogP contribution in [-0.2, 0) is 14.3 Å². The van der Waals surface area contributed by atoms with Crippen LogP contribution in [0.5, 0.6) is 0 Å². The van der Waals surface area contributed by atoms with Crippen molar-refractivity contribution < 1.29 is 14.3 Å². The van der Waals surface area contributed by atoms with Crippen molar-refractivity contribution in [1.82, 2.24) is 10.6 Å². The maximum Gasteiger partial charge on any atom is 0.305 e. The molecule has 0 fully saturated rings. The number of nitrogens with one attached hydrogen (secondary N) is 2. The molecule has 0 aliphatic heterocycles. The van der Waals surface area contributed by atoms with E-state index in [-0.39, 0.29) is 18.4 Å². The summed E-state index contributed by atoms with van der Waals surface area (Å²) in [6.07, 6.45) is 7.89. The number of amides is 1. The van der Waals surface area contributed by atoms with Gasteiger partial charge in [-0.2, -0.15) is 0 Å². The molecule has 5 heteroatoms. The maximum atomic E-state index is 11.8. The molecule has 0 aliphatic rings. The van der Waals surface area contributed by atoms with Crippen molar-refractivity contribution in [2.45, 2.75) is 52.0 Å². The van der Waals surface area contributed by atoms with Gasteiger partial charge in [-0.3, -0.25) is 9.59 Å². The monoisotopic (exact) mass is 282 g/mol. The number of carbonyl (C=O) groups excluding carboxylic acids is 2. The van der Waals surface area contributed by atoms with E-state index in [2.05, 4.69) is 16.6 Å². The maximum absolute atomic E-state index is 11.8. The SMILES string of the molecule is C#CC(CC)(CC)NC(=O)CNCCCC(=O)OCC. The van der Waals surface area contributed by atoms with E-state index in [1.54, 1.807) is 6.92 Å². The summed E-state index contributed by atoms with van der Waals surface area (Å²) in [5.74, 6) is 2.33. The molecule has 0 saturated heterocycles. The Bertz CT molecular complexity index is 344. The first-order chi connectivity index (χ1) is 9.53. The Morgan fingerprint density at radius 3 is 2.40 bits per heavy atom. The lowest BCUT2D eigenvalue weighted by molar-refractivity contribution is -0.143. The van der Waals surface area contributed by atoms with Gasteiger partial charge in [-0.25, -0.2) is 0 Å². The van der Waals surface area contributed by atoms with E-state index in [0.717, 1.165) is 0 Å². The number of hydrogen-bond acceptors (Lipinski definition) is 4. The van der Waals surface area contributed by atoms with Crippen molar-refractivity contribution in [1.29, 1.82) is 0 Å². The number of esters is 1. The molecule has 0 bridgehead atoms. The number of rotatable bonds is 10. The fourth-order valence-corrected chi connectivity index (χ4v) is 1.77. The average Bonchev–Trinajstić information content (AvgIpc) is 2.45. The summed E-state index contributed by atoms with van der Waals surface area (Å²) in [5, 5.41) is 5.86. The van der Waals surface area contributed by atoms with E-state index >= 15 is 0 Å². The second-order valence-corrected chi connectivity index (χ2v) is 4.57. The zero-order valence-corrected chi connectivity index (χ0v) is 12.8. The van der Waals surface area contributed by atoms with Crippen LogP contribution < -0.4 is 10.6 Å². The molecule has 2 N–H and O–H groups in total. The Kier molecular flexibility index (Phi) is 9.48. The van der Waals surface area contributed by atoms with Crippen LogP contribution in [0.25, 0.3) is 0 Å². The van der Waals surface area contributed by atoms with Gasteiger partial charge in [-0.15, -0.1) is 6.42 Å². The largest absolute Gasteiger partial charge is 0.466 e. The van der Waals surface area contributed by atoms with E-state index in [4.69, 9.17) is 11.2 Å². The second-order valence-electron chi connectivity index (χ2n) is 4.57. The third kappa shape index (κ3) is 7.15. The minimum absolute atomic E-state index is 0.122. The Balaban J connectivity index is 3.84. The Hall–Kier alpha value is -1.54. The van der Waals surface area contributed by atoms with Gasteiger partial charge < -0.3 is 15.4 Å².